The number of rotatable bonds is 13. The summed E-state index contributed by atoms with van der Waals surface area (Å²) in [5, 5.41) is 2.79. The molecule has 0 aliphatic heterocycles. The fraction of sp³-hybridized carbons (Fsp3) is 0.440. The Morgan fingerprint density at radius 1 is 1.00 bits per heavy atom. The molecular weight excluding hydrogens is 457 g/mol. The van der Waals surface area contributed by atoms with E-state index >= 15 is 0 Å². The molecule has 34 heavy (non-hydrogen) atoms. The minimum Gasteiger partial charge on any atom is -0.355 e. The van der Waals surface area contributed by atoms with Crippen molar-refractivity contribution in [3.05, 3.63) is 66.0 Å². The number of hydrogen-bond donors (Lipinski definition) is 1. The molecule has 1 N–H and O–H groups in total. The number of amides is 2. The molecule has 0 aliphatic carbocycles. The van der Waals surface area contributed by atoms with E-state index in [9.17, 15) is 22.4 Å². The van der Waals surface area contributed by atoms with E-state index in [1.54, 1.807) is 11.0 Å². The van der Waals surface area contributed by atoms with Crippen molar-refractivity contribution in [2.24, 2.45) is 0 Å². The van der Waals surface area contributed by atoms with Gasteiger partial charge in [0.25, 0.3) is 0 Å². The van der Waals surface area contributed by atoms with Crippen LogP contribution in [0.5, 0.6) is 0 Å². The number of carbonyl (C=O) groups is 2. The first-order valence-electron chi connectivity index (χ1n) is 11.5. The third-order valence-corrected chi connectivity index (χ3v) is 6.67. The fourth-order valence-electron chi connectivity index (χ4n) is 3.82. The van der Waals surface area contributed by atoms with Crippen LogP contribution in [-0.4, -0.2) is 57.1 Å². The second kappa shape index (κ2) is 13.1. The summed E-state index contributed by atoms with van der Waals surface area (Å²) in [6.07, 6.45) is 2.28. The van der Waals surface area contributed by atoms with E-state index < -0.39 is 21.9 Å². The van der Waals surface area contributed by atoms with Crippen molar-refractivity contribution in [3.8, 4) is 0 Å². The normalized spacial score (nSPS) is 12.1. The van der Waals surface area contributed by atoms with Crippen molar-refractivity contribution in [2.75, 3.05) is 30.2 Å². The monoisotopic (exact) mass is 491 g/mol. The van der Waals surface area contributed by atoms with Crippen LogP contribution < -0.4 is 9.62 Å². The van der Waals surface area contributed by atoms with Crippen LogP contribution in [0.1, 0.15) is 38.7 Å². The molecule has 0 bridgehead atoms. The number of para-hydroxylation sites is 1. The molecule has 0 heterocycles. The molecule has 186 valence electrons. The van der Waals surface area contributed by atoms with Crippen LogP contribution in [0.2, 0.25) is 0 Å². The Balaban J connectivity index is 2.14. The molecule has 0 saturated heterocycles. The lowest BCUT2D eigenvalue weighted by Crippen LogP contribution is -2.50. The number of halogens is 1. The molecule has 2 amide bonds. The van der Waals surface area contributed by atoms with Gasteiger partial charge in [-0.1, -0.05) is 49.4 Å². The van der Waals surface area contributed by atoms with E-state index in [-0.39, 0.29) is 36.9 Å². The minimum atomic E-state index is -3.74. The smallest absolute Gasteiger partial charge is 0.242 e. The van der Waals surface area contributed by atoms with Crippen LogP contribution in [-0.2, 0) is 26.0 Å². The lowest BCUT2D eigenvalue weighted by atomic mass is 10.1. The SMILES string of the molecule is CCNC(=O)C(CC)N(CCc1ccccc1)C(=O)CCCN(c1ccccc1F)S(C)(=O)=O. The first-order chi connectivity index (χ1) is 16.2. The summed E-state index contributed by atoms with van der Waals surface area (Å²) < 4.78 is 39.8. The van der Waals surface area contributed by atoms with Crippen molar-refractivity contribution >= 4 is 27.5 Å². The molecule has 1 atom stereocenters. The van der Waals surface area contributed by atoms with Gasteiger partial charge in [0.2, 0.25) is 21.8 Å². The van der Waals surface area contributed by atoms with Crippen LogP contribution >= 0.6 is 0 Å². The van der Waals surface area contributed by atoms with Crippen molar-refractivity contribution < 1.29 is 22.4 Å². The average Bonchev–Trinajstić information content (AvgIpc) is 2.80. The number of nitrogens with one attached hydrogen (secondary N) is 1. The van der Waals surface area contributed by atoms with Gasteiger partial charge in [0.15, 0.2) is 0 Å². The van der Waals surface area contributed by atoms with Gasteiger partial charge in [-0.2, -0.15) is 0 Å². The summed E-state index contributed by atoms with van der Waals surface area (Å²) in [4.78, 5) is 27.4. The zero-order valence-corrected chi connectivity index (χ0v) is 20.9. The van der Waals surface area contributed by atoms with Crippen molar-refractivity contribution in [3.63, 3.8) is 0 Å². The Morgan fingerprint density at radius 2 is 1.65 bits per heavy atom. The van der Waals surface area contributed by atoms with Crippen LogP contribution in [0.3, 0.4) is 0 Å². The van der Waals surface area contributed by atoms with Crippen LogP contribution in [0.15, 0.2) is 54.6 Å². The second-order valence-electron chi connectivity index (χ2n) is 8.03. The first-order valence-corrected chi connectivity index (χ1v) is 13.4. The molecule has 9 heteroatoms. The standard InChI is InChI=1S/C25H34FN3O4S/c1-4-22(25(31)27-5-2)28(19-17-20-12-7-6-8-13-20)24(30)16-11-18-29(34(3,32)33)23-15-10-9-14-21(23)26/h6-10,12-15,22H,4-5,11,16-19H2,1-3H3,(H,27,31). The third kappa shape index (κ3) is 7.83. The zero-order valence-electron chi connectivity index (χ0n) is 20.0. The predicted molar refractivity (Wildman–Crippen MR) is 132 cm³/mol. The molecule has 0 fully saturated rings. The number of nitrogens with zero attached hydrogens (tertiary/aromatic N) is 2. The van der Waals surface area contributed by atoms with E-state index in [2.05, 4.69) is 5.32 Å². The highest BCUT2D eigenvalue weighted by Crippen LogP contribution is 2.22. The Kier molecular flexibility index (Phi) is 10.5. The van der Waals surface area contributed by atoms with E-state index in [1.165, 1.54) is 18.2 Å². The topological polar surface area (TPSA) is 86.8 Å². The van der Waals surface area contributed by atoms with Gasteiger partial charge < -0.3 is 10.2 Å². The Labute approximate surface area is 202 Å². The van der Waals surface area contributed by atoms with Crippen LogP contribution in [0.25, 0.3) is 0 Å². The molecule has 0 radical (unpaired) electrons. The number of likely N-dealkylation sites (N-methyl/N-ethyl adjacent to an activating group) is 1. The summed E-state index contributed by atoms with van der Waals surface area (Å²) in [5.41, 5.74) is 1.00. The largest absolute Gasteiger partial charge is 0.355 e. The molecule has 0 spiro atoms. The van der Waals surface area contributed by atoms with E-state index in [0.29, 0.717) is 25.9 Å². The van der Waals surface area contributed by atoms with Crippen molar-refractivity contribution in [1.29, 1.82) is 0 Å². The van der Waals surface area contributed by atoms with Gasteiger partial charge in [-0.25, -0.2) is 12.8 Å². The zero-order chi connectivity index (χ0) is 25.1. The lowest BCUT2D eigenvalue weighted by molar-refractivity contribution is -0.140. The van der Waals surface area contributed by atoms with Crippen molar-refractivity contribution in [2.45, 2.75) is 45.6 Å². The summed E-state index contributed by atoms with van der Waals surface area (Å²) >= 11 is 0. The maximum absolute atomic E-state index is 14.2. The Morgan fingerprint density at radius 3 is 2.24 bits per heavy atom. The minimum absolute atomic E-state index is 0.0329. The van der Waals surface area contributed by atoms with Crippen LogP contribution in [0.4, 0.5) is 10.1 Å². The summed E-state index contributed by atoms with van der Waals surface area (Å²) in [6, 6.07) is 14.7. The molecular formula is C25H34FN3O4S. The molecule has 1 unspecified atom stereocenters. The quantitative estimate of drug-likeness (QED) is 0.466. The Hall–Kier alpha value is -2.94. The number of benzene rings is 2. The molecule has 0 saturated carbocycles. The van der Waals surface area contributed by atoms with Gasteiger partial charge >= 0.3 is 0 Å². The van der Waals surface area contributed by atoms with Crippen molar-refractivity contribution in [1.82, 2.24) is 10.2 Å². The van der Waals surface area contributed by atoms with Gasteiger partial charge in [-0.15, -0.1) is 0 Å². The van der Waals surface area contributed by atoms with Gasteiger partial charge in [-0.05, 0) is 43.9 Å². The van der Waals surface area contributed by atoms with E-state index in [4.69, 9.17) is 0 Å². The maximum atomic E-state index is 14.2. The van der Waals surface area contributed by atoms with Gasteiger partial charge in [0.1, 0.15) is 11.9 Å². The predicted octanol–water partition coefficient (Wildman–Crippen LogP) is 3.36. The summed E-state index contributed by atoms with van der Waals surface area (Å²) in [6.45, 7) is 4.45. The third-order valence-electron chi connectivity index (χ3n) is 5.49. The maximum Gasteiger partial charge on any atom is 0.242 e. The number of hydrogen-bond acceptors (Lipinski definition) is 4. The first kappa shape index (κ1) is 27.3. The molecule has 7 nitrogen and oxygen atoms in total. The molecule has 2 aromatic rings. The highest BCUT2D eigenvalue weighted by molar-refractivity contribution is 7.92. The number of sulfonamides is 1. The second-order valence-corrected chi connectivity index (χ2v) is 9.94. The Bertz CT molecular complexity index is 1050. The van der Waals surface area contributed by atoms with E-state index in [1.807, 2.05) is 44.2 Å². The average molecular weight is 492 g/mol. The summed E-state index contributed by atoms with van der Waals surface area (Å²) in [7, 11) is -3.74. The van der Waals surface area contributed by atoms with Crippen LogP contribution in [0, 0.1) is 5.82 Å². The highest BCUT2D eigenvalue weighted by atomic mass is 32.2. The summed E-state index contributed by atoms with van der Waals surface area (Å²) in [5.74, 6) is -1.10. The fourth-order valence-corrected chi connectivity index (χ4v) is 4.79. The van der Waals surface area contributed by atoms with Gasteiger partial charge in [0, 0.05) is 26.1 Å². The van der Waals surface area contributed by atoms with Gasteiger partial charge in [0.05, 0.1) is 11.9 Å². The molecule has 2 aromatic carbocycles. The highest BCUT2D eigenvalue weighted by Gasteiger charge is 2.28. The van der Waals surface area contributed by atoms with Gasteiger partial charge in [-0.3, -0.25) is 13.9 Å². The molecule has 2 rings (SSSR count). The number of carbonyl (C=O) groups excluding carboxylic acids is 2. The molecule has 0 aliphatic rings. The lowest BCUT2D eigenvalue weighted by Gasteiger charge is -2.31. The number of anilines is 1. The van der Waals surface area contributed by atoms with E-state index in [0.717, 1.165) is 16.1 Å². The molecule has 0 aromatic heterocycles.